The number of halogens is 1. The lowest BCUT2D eigenvalue weighted by molar-refractivity contribution is -0.163. The van der Waals surface area contributed by atoms with E-state index in [1.54, 1.807) is 24.3 Å². The van der Waals surface area contributed by atoms with Crippen LogP contribution >= 0.6 is 15.9 Å². The van der Waals surface area contributed by atoms with Crippen LogP contribution in [0, 0.1) is 0 Å². The van der Waals surface area contributed by atoms with Gasteiger partial charge < -0.3 is 14.8 Å². The predicted octanol–water partition coefficient (Wildman–Crippen LogP) is 1.70. The lowest BCUT2D eigenvalue weighted by Crippen LogP contribution is -2.43. The molecule has 3 amide bonds. The Morgan fingerprint density at radius 3 is 2.43 bits per heavy atom. The molecule has 1 fully saturated rings. The minimum absolute atomic E-state index is 0.268. The molecule has 7 nitrogen and oxygen atoms in total. The Hall–Kier alpha value is -2.09. The molecule has 0 bridgehead atoms. The predicted molar refractivity (Wildman–Crippen MR) is 84.9 cm³/mol. The van der Waals surface area contributed by atoms with Crippen molar-refractivity contribution in [3.05, 3.63) is 28.7 Å². The van der Waals surface area contributed by atoms with E-state index in [1.165, 1.54) is 13.8 Å². The number of benzene rings is 1. The molecule has 1 aromatic rings. The molecular weight excluding hydrogens is 368 g/mol. The van der Waals surface area contributed by atoms with Crippen LogP contribution in [0.25, 0.3) is 0 Å². The summed E-state index contributed by atoms with van der Waals surface area (Å²) in [5.74, 6) is -0.715. The standard InChI is InChI=1S/C15H17BrN2O5/c1-9(13(19)18-8-7-17-15(18)21)23-14(20)10(2)22-12-5-3-11(16)4-6-12/h3-6,9-10H,7-8H2,1-2H3,(H,17,21)/t9-,10-/m0/s1. The van der Waals surface area contributed by atoms with Gasteiger partial charge in [-0.15, -0.1) is 0 Å². The number of carbonyl (C=O) groups is 3. The molecule has 2 atom stereocenters. The van der Waals surface area contributed by atoms with Crippen molar-refractivity contribution in [3.63, 3.8) is 0 Å². The van der Waals surface area contributed by atoms with E-state index in [1.807, 2.05) is 0 Å². The van der Waals surface area contributed by atoms with Crippen molar-refractivity contribution in [1.82, 2.24) is 10.2 Å². The van der Waals surface area contributed by atoms with Crippen molar-refractivity contribution >= 4 is 33.8 Å². The minimum Gasteiger partial charge on any atom is -0.479 e. The number of urea groups is 1. The van der Waals surface area contributed by atoms with Gasteiger partial charge in [0.1, 0.15) is 5.75 Å². The molecule has 2 rings (SSSR count). The van der Waals surface area contributed by atoms with Gasteiger partial charge in [-0.1, -0.05) is 15.9 Å². The van der Waals surface area contributed by atoms with Gasteiger partial charge in [0.2, 0.25) is 0 Å². The number of nitrogens with zero attached hydrogens (tertiary/aromatic N) is 1. The summed E-state index contributed by atoms with van der Waals surface area (Å²) < 4.78 is 11.4. The summed E-state index contributed by atoms with van der Waals surface area (Å²) >= 11 is 3.30. The number of nitrogens with one attached hydrogen (secondary N) is 1. The van der Waals surface area contributed by atoms with E-state index in [0.717, 1.165) is 9.37 Å². The van der Waals surface area contributed by atoms with Gasteiger partial charge in [-0.25, -0.2) is 9.59 Å². The number of rotatable bonds is 5. The maximum absolute atomic E-state index is 12.1. The molecule has 124 valence electrons. The normalized spacial score (nSPS) is 16.5. The van der Waals surface area contributed by atoms with Crippen molar-refractivity contribution in [2.24, 2.45) is 0 Å². The highest BCUT2D eigenvalue weighted by molar-refractivity contribution is 9.10. The van der Waals surface area contributed by atoms with Crippen LogP contribution in [-0.2, 0) is 14.3 Å². The van der Waals surface area contributed by atoms with Gasteiger partial charge in [0, 0.05) is 17.6 Å². The average Bonchev–Trinajstić information content (AvgIpc) is 2.94. The van der Waals surface area contributed by atoms with Gasteiger partial charge in [-0.3, -0.25) is 9.69 Å². The summed E-state index contributed by atoms with van der Waals surface area (Å²) in [5.41, 5.74) is 0. The Morgan fingerprint density at radius 2 is 1.87 bits per heavy atom. The molecule has 1 aliphatic heterocycles. The second-order valence-corrected chi connectivity index (χ2v) is 5.93. The topological polar surface area (TPSA) is 84.9 Å². The van der Waals surface area contributed by atoms with E-state index in [2.05, 4.69) is 21.2 Å². The summed E-state index contributed by atoms with van der Waals surface area (Å²) in [6.45, 7) is 3.63. The Balaban J connectivity index is 1.88. The third-order valence-electron chi connectivity index (χ3n) is 3.22. The zero-order valence-corrected chi connectivity index (χ0v) is 14.3. The van der Waals surface area contributed by atoms with Crippen LogP contribution in [0.3, 0.4) is 0 Å². The monoisotopic (exact) mass is 384 g/mol. The first-order valence-electron chi connectivity index (χ1n) is 7.10. The number of amides is 3. The Kier molecular flexibility index (Phi) is 5.59. The first-order valence-corrected chi connectivity index (χ1v) is 7.89. The quantitative estimate of drug-likeness (QED) is 0.780. The fourth-order valence-corrected chi connectivity index (χ4v) is 2.25. The van der Waals surface area contributed by atoms with E-state index in [-0.39, 0.29) is 6.54 Å². The van der Waals surface area contributed by atoms with Crippen molar-refractivity contribution in [3.8, 4) is 5.75 Å². The highest BCUT2D eigenvalue weighted by atomic mass is 79.9. The molecule has 0 unspecified atom stereocenters. The second kappa shape index (κ2) is 7.45. The molecule has 0 radical (unpaired) electrons. The molecule has 1 heterocycles. The lowest BCUT2D eigenvalue weighted by atomic mass is 10.3. The summed E-state index contributed by atoms with van der Waals surface area (Å²) in [4.78, 5) is 36.5. The maximum Gasteiger partial charge on any atom is 0.347 e. The number of hydrogen-bond donors (Lipinski definition) is 1. The first-order chi connectivity index (χ1) is 10.9. The van der Waals surface area contributed by atoms with Crippen LogP contribution in [0.2, 0.25) is 0 Å². The van der Waals surface area contributed by atoms with E-state index < -0.39 is 30.1 Å². The first kappa shape index (κ1) is 17.3. The number of esters is 1. The van der Waals surface area contributed by atoms with E-state index in [9.17, 15) is 14.4 Å². The average molecular weight is 385 g/mol. The molecule has 1 N–H and O–H groups in total. The Bertz CT molecular complexity index is 604. The zero-order chi connectivity index (χ0) is 17.0. The molecule has 23 heavy (non-hydrogen) atoms. The van der Waals surface area contributed by atoms with Crippen LogP contribution in [0.1, 0.15) is 13.8 Å². The van der Waals surface area contributed by atoms with Crippen LogP contribution in [-0.4, -0.2) is 48.1 Å². The fraction of sp³-hybridized carbons (Fsp3) is 0.400. The smallest absolute Gasteiger partial charge is 0.347 e. The molecule has 8 heteroatoms. The SMILES string of the molecule is C[C@H](Oc1ccc(Br)cc1)C(=O)O[C@@H](C)C(=O)N1CCNC1=O. The third kappa shape index (κ3) is 4.44. The second-order valence-electron chi connectivity index (χ2n) is 5.01. The molecule has 0 aromatic heterocycles. The van der Waals surface area contributed by atoms with E-state index in [4.69, 9.17) is 9.47 Å². The van der Waals surface area contributed by atoms with Gasteiger partial charge in [0.25, 0.3) is 5.91 Å². The highest BCUT2D eigenvalue weighted by Gasteiger charge is 2.32. The number of hydrogen-bond acceptors (Lipinski definition) is 5. The summed E-state index contributed by atoms with van der Waals surface area (Å²) in [7, 11) is 0. The van der Waals surface area contributed by atoms with E-state index in [0.29, 0.717) is 12.3 Å². The third-order valence-corrected chi connectivity index (χ3v) is 3.75. The molecule has 1 aromatic carbocycles. The molecule has 0 spiro atoms. The van der Waals surface area contributed by atoms with E-state index >= 15 is 0 Å². The molecule has 1 saturated heterocycles. The molecule has 0 saturated carbocycles. The van der Waals surface area contributed by atoms with Gasteiger partial charge in [0.15, 0.2) is 12.2 Å². The number of carbonyl (C=O) groups excluding carboxylic acids is 3. The van der Waals surface area contributed by atoms with Gasteiger partial charge in [-0.2, -0.15) is 0 Å². The van der Waals surface area contributed by atoms with Crippen molar-refractivity contribution < 1.29 is 23.9 Å². The van der Waals surface area contributed by atoms with Crippen LogP contribution < -0.4 is 10.1 Å². The highest BCUT2D eigenvalue weighted by Crippen LogP contribution is 2.18. The van der Waals surface area contributed by atoms with Crippen LogP contribution in [0.15, 0.2) is 28.7 Å². The molecule has 0 aliphatic carbocycles. The Morgan fingerprint density at radius 1 is 1.22 bits per heavy atom. The maximum atomic E-state index is 12.1. The van der Waals surface area contributed by atoms with Gasteiger partial charge in [-0.05, 0) is 38.1 Å². The van der Waals surface area contributed by atoms with Crippen molar-refractivity contribution in [2.45, 2.75) is 26.1 Å². The van der Waals surface area contributed by atoms with Gasteiger partial charge in [0.05, 0.1) is 0 Å². The van der Waals surface area contributed by atoms with Gasteiger partial charge >= 0.3 is 12.0 Å². The van der Waals surface area contributed by atoms with Crippen molar-refractivity contribution in [1.29, 1.82) is 0 Å². The molecule has 1 aliphatic rings. The molecular formula is C15H17BrN2O5. The lowest BCUT2D eigenvalue weighted by Gasteiger charge is -2.20. The summed E-state index contributed by atoms with van der Waals surface area (Å²) in [5, 5.41) is 2.52. The summed E-state index contributed by atoms with van der Waals surface area (Å²) in [6.07, 6.45) is -1.93. The largest absolute Gasteiger partial charge is 0.479 e. The number of ether oxygens (including phenoxy) is 2. The minimum atomic E-state index is -1.05. The summed E-state index contributed by atoms with van der Waals surface area (Å²) in [6, 6.07) is 6.50. The van der Waals surface area contributed by atoms with Crippen LogP contribution in [0.5, 0.6) is 5.75 Å². The fourth-order valence-electron chi connectivity index (χ4n) is 1.99. The Labute approximate surface area is 142 Å². The van der Waals surface area contributed by atoms with Crippen LogP contribution in [0.4, 0.5) is 4.79 Å². The van der Waals surface area contributed by atoms with Crippen molar-refractivity contribution in [2.75, 3.05) is 13.1 Å². The number of imide groups is 1. The zero-order valence-electron chi connectivity index (χ0n) is 12.7.